The van der Waals surface area contributed by atoms with Crippen molar-refractivity contribution in [2.24, 2.45) is 0 Å². The van der Waals surface area contributed by atoms with Crippen molar-refractivity contribution < 1.29 is 0 Å². The Bertz CT molecular complexity index is 462. The molecule has 0 aliphatic carbocycles. The van der Waals surface area contributed by atoms with Crippen LogP contribution in [0.15, 0.2) is 35.7 Å². The number of benzene rings is 1. The van der Waals surface area contributed by atoms with E-state index in [1.807, 2.05) is 6.07 Å². The zero-order valence-corrected chi connectivity index (χ0v) is 11.8. The highest BCUT2D eigenvalue weighted by Gasteiger charge is 2.03. The lowest BCUT2D eigenvalue weighted by molar-refractivity contribution is 0.570. The summed E-state index contributed by atoms with van der Waals surface area (Å²) in [6, 6.07) is 10.9. The molecule has 0 fully saturated rings. The molecule has 1 N–H and O–H groups in total. The van der Waals surface area contributed by atoms with Crippen LogP contribution in [0.1, 0.15) is 25.3 Å². The molecule has 0 aliphatic heterocycles. The van der Waals surface area contributed by atoms with Gasteiger partial charge in [0.2, 0.25) is 0 Å². The summed E-state index contributed by atoms with van der Waals surface area (Å²) in [5.41, 5.74) is 2.31. The van der Waals surface area contributed by atoms with Gasteiger partial charge in [0.05, 0.1) is 10.7 Å². The summed E-state index contributed by atoms with van der Waals surface area (Å²) in [5, 5.41) is 6.82. The first-order chi connectivity index (χ1) is 8.75. The lowest BCUT2D eigenvalue weighted by atomic mass is 10.2. The van der Waals surface area contributed by atoms with Gasteiger partial charge in [0.15, 0.2) is 0 Å². The molecule has 0 radical (unpaired) electrons. The molecule has 2 aromatic rings. The predicted octanol–water partition coefficient (Wildman–Crippen LogP) is 3.74. The summed E-state index contributed by atoms with van der Waals surface area (Å²) < 4.78 is 0. The van der Waals surface area contributed by atoms with Crippen LogP contribution in [-0.4, -0.2) is 17.6 Å². The lowest BCUT2D eigenvalue weighted by Crippen LogP contribution is -2.23. The quantitative estimate of drug-likeness (QED) is 0.800. The minimum Gasteiger partial charge on any atom is -0.315 e. The van der Waals surface area contributed by atoms with Crippen LogP contribution in [0.2, 0.25) is 0 Å². The van der Waals surface area contributed by atoms with Gasteiger partial charge in [-0.05, 0) is 13.0 Å². The Morgan fingerprint density at radius 3 is 2.72 bits per heavy atom. The van der Waals surface area contributed by atoms with E-state index in [9.17, 15) is 0 Å². The molecule has 0 aliphatic rings. The summed E-state index contributed by atoms with van der Waals surface area (Å²) >= 11 is 1.76. The number of thiazole rings is 1. The first-order valence-electron chi connectivity index (χ1n) is 6.49. The van der Waals surface area contributed by atoms with Crippen molar-refractivity contribution in [1.29, 1.82) is 0 Å². The van der Waals surface area contributed by atoms with Crippen molar-refractivity contribution in [3.05, 3.63) is 40.7 Å². The Morgan fingerprint density at radius 1 is 1.22 bits per heavy atom. The second kappa shape index (κ2) is 6.66. The van der Waals surface area contributed by atoms with Crippen LogP contribution in [-0.2, 0) is 6.42 Å². The zero-order valence-electron chi connectivity index (χ0n) is 11.0. The average Bonchev–Trinajstić information content (AvgIpc) is 2.84. The molecular formula is C15H20N2S. The number of rotatable bonds is 6. The number of hydrogen-bond acceptors (Lipinski definition) is 3. The van der Waals surface area contributed by atoms with Crippen molar-refractivity contribution in [3.63, 3.8) is 0 Å². The molecule has 0 unspecified atom stereocenters. The van der Waals surface area contributed by atoms with Crippen LogP contribution in [0, 0.1) is 0 Å². The monoisotopic (exact) mass is 260 g/mol. The van der Waals surface area contributed by atoms with Gasteiger partial charge in [-0.2, -0.15) is 0 Å². The Kier molecular flexibility index (Phi) is 4.90. The molecule has 0 saturated carbocycles. The van der Waals surface area contributed by atoms with E-state index in [0.29, 0.717) is 6.04 Å². The molecule has 1 heterocycles. The number of aryl methyl sites for hydroxylation is 1. The first-order valence-corrected chi connectivity index (χ1v) is 7.37. The highest BCUT2D eigenvalue weighted by Crippen LogP contribution is 2.22. The molecule has 3 heteroatoms. The molecule has 0 bridgehead atoms. The van der Waals surface area contributed by atoms with Crippen molar-refractivity contribution in [1.82, 2.24) is 10.3 Å². The highest BCUT2D eigenvalue weighted by molar-refractivity contribution is 7.09. The molecule has 0 amide bonds. The van der Waals surface area contributed by atoms with E-state index in [-0.39, 0.29) is 0 Å². The third-order valence-corrected chi connectivity index (χ3v) is 3.65. The largest absolute Gasteiger partial charge is 0.315 e. The molecule has 18 heavy (non-hydrogen) atoms. The second-order valence-corrected chi connectivity index (χ2v) is 5.65. The van der Waals surface area contributed by atoms with Gasteiger partial charge in [-0.15, -0.1) is 11.3 Å². The highest BCUT2D eigenvalue weighted by atomic mass is 32.1. The van der Waals surface area contributed by atoms with E-state index in [1.165, 1.54) is 10.6 Å². The number of nitrogens with zero attached hydrogens (tertiary/aromatic N) is 1. The van der Waals surface area contributed by atoms with Crippen LogP contribution in [0.3, 0.4) is 0 Å². The lowest BCUT2D eigenvalue weighted by Gasteiger charge is -2.06. The van der Waals surface area contributed by atoms with E-state index in [2.05, 4.69) is 53.8 Å². The molecule has 2 nitrogen and oxygen atoms in total. The van der Waals surface area contributed by atoms with Crippen molar-refractivity contribution in [3.8, 4) is 11.3 Å². The van der Waals surface area contributed by atoms with Crippen LogP contribution in [0.4, 0.5) is 0 Å². The normalized spacial score (nSPS) is 11.1. The molecule has 1 aromatic heterocycles. The molecule has 0 saturated heterocycles. The van der Waals surface area contributed by atoms with E-state index in [0.717, 1.165) is 25.1 Å². The Labute approximate surface area is 113 Å². The standard InChI is InChI=1S/C15H20N2S/c1-12(2)16-10-6-9-15-17-14(11-18-15)13-7-4-3-5-8-13/h3-5,7-8,11-12,16H,6,9-10H2,1-2H3. The van der Waals surface area contributed by atoms with E-state index >= 15 is 0 Å². The minimum absolute atomic E-state index is 0.571. The van der Waals surface area contributed by atoms with Gasteiger partial charge >= 0.3 is 0 Å². The van der Waals surface area contributed by atoms with Gasteiger partial charge in [-0.3, -0.25) is 0 Å². The molecule has 1 aromatic carbocycles. The number of nitrogens with one attached hydrogen (secondary N) is 1. The van der Waals surface area contributed by atoms with Gasteiger partial charge in [0.1, 0.15) is 0 Å². The van der Waals surface area contributed by atoms with Crippen LogP contribution >= 0.6 is 11.3 Å². The second-order valence-electron chi connectivity index (χ2n) is 4.70. The Hall–Kier alpha value is -1.19. The van der Waals surface area contributed by atoms with Gasteiger partial charge in [-0.1, -0.05) is 44.2 Å². The van der Waals surface area contributed by atoms with Crippen LogP contribution < -0.4 is 5.32 Å². The maximum atomic E-state index is 4.69. The predicted molar refractivity (Wildman–Crippen MR) is 79.0 cm³/mol. The van der Waals surface area contributed by atoms with Crippen molar-refractivity contribution in [2.75, 3.05) is 6.54 Å². The van der Waals surface area contributed by atoms with E-state index < -0.39 is 0 Å². The van der Waals surface area contributed by atoms with Crippen LogP contribution in [0.5, 0.6) is 0 Å². The smallest absolute Gasteiger partial charge is 0.0933 e. The SMILES string of the molecule is CC(C)NCCCc1nc(-c2ccccc2)cs1. The molecule has 0 atom stereocenters. The van der Waals surface area contributed by atoms with Gasteiger partial charge in [0, 0.05) is 23.4 Å². The van der Waals surface area contributed by atoms with E-state index in [1.54, 1.807) is 11.3 Å². The third-order valence-electron chi connectivity index (χ3n) is 2.74. The van der Waals surface area contributed by atoms with Crippen LogP contribution in [0.25, 0.3) is 11.3 Å². The minimum atomic E-state index is 0.571. The summed E-state index contributed by atoms with van der Waals surface area (Å²) in [7, 11) is 0. The van der Waals surface area contributed by atoms with Gasteiger partial charge < -0.3 is 5.32 Å². The van der Waals surface area contributed by atoms with Crippen molar-refractivity contribution in [2.45, 2.75) is 32.7 Å². The summed E-state index contributed by atoms with van der Waals surface area (Å²) in [6.07, 6.45) is 2.22. The fraction of sp³-hybridized carbons (Fsp3) is 0.400. The van der Waals surface area contributed by atoms with Crippen molar-refractivity contribution >= 4 is 11.3 Å². The fourth-order valence-corrected chi connectivity index (χ4v) is 2.65. The summed E-state index contributed by atoms with van der Waals surface area (Å²) in [4.78, 5) is 4.69. The Balaban J connectivity index is 1.87. The van der Waals surface area contributed by atoms with Gasteiger partial charge in [-0.25, -0.2) is 4.98 Å². The fourth-order valence-electron chi connectivity index (χ4n) is 1.80. The Morgan fingerprint density at radius 2 is 2.00 bits per heavy atom. The summed E-state index contributed by atoms with van der Waals surface area (Å²) in [5.74, 6) is 0. The molecule has 0 spiro atoms. The topological polar surface area (TPSA) is 24.9 Å². The summed E-state index contributed by atoms with van der Waals surface area (Å²) in [6.45, 7) is 5.42. The first kappa shape index (κ1) is 13.2. The molecular weight excluding hydrogens is 240 g/mol. The maximum absolute atomic E-state index is 4.69. The van der Waals surface area contributed by atoms with E-state index in [4.69, 9.17) is 0 Å². The maximum Gasteiger partial charge on any atom is 0.0933 e. The third kappa shape index (κ3) is 3.93. The molecule has 2 rings (SSSR count). The number of hydrogen-bond donors (Lipinski definition) is 1. The average molecular weight is 260 g/mol. The van der Waals surface area contributed by atoms with Gasteiger partial charge in [0.25, 0.3) is 0 Å². The number of aromatic nitrogens is 1. The zero-order chi connectivity index (χ0) is 12.8. The molecule has 96 valence electrons.